The first-order valence-electron chi connectivity index (χ1n) is 6.39. The van der Waals surface area contributed by atoms with E-state index in [0.29, 0.717) is 18.7 Å². The first-order valence-corrected chi connectivity index (χ1v) is 6.39. The molecule has 0 aromatic heterocycles. The molecule has 0 radical (unpaired) electrons. The summed E-state index contributed by atoms with van der Waals surface area (Å²) in [5, 5.41) is 9.68. The molecule has 0 saturated carbocycles. The summed E-state index contributed by atoms with van der Waals surface area (Å²) in [5.41, 5.74) is 6.87. The van der Waals surface area contributed by atoms with Crippen LogP contribution >= 0.6 is 0 Å². The number of methoxy groups -OCH3 is 1. The van der Waals surface area contributed by atoms with Crippen LogP contribution in [0.3, 0.4) is 0 Å². The van der Waals surface area contributed by atoms with Gasteiger partial charge in [0.1, 0.15) is 5.82 Å². The summed E-state index contributed by atoms with van der Waals surface area (Å²) in [6.45, 7) is 1.55. The fraction of sp³-hybridized carbons (Fsp3) is 0.467. The third-order valence-electron chi connectivity index (χ3n) is 2.72. The molecule has 5 heteroatoms. The number of hydrogen-bond donors (Lipinski definition) is 2. The highest BCUT2D eigenvalue weighted by Gasteiger charge is 2.10. The quantitative estimate of drug-likeness (QED) is 0.748. The van der Waals surface area contributed by atoms with Gasteiger partial charge in [-0.25, -0.2) is 4.39 Å². The molecule has 0 saturated heterocycles. The van der Waals surface area contributed by atoms with E-state index in [2.05, 4.69) is 11.8 Å². The second-order valence-corrected chi connectivity index (χ2v) is 4.61. The van der Waals surface area contributed by atoms with Gasteiger partial charge in [0.15, 0.2) is 0 Å². The number of rotatable bonds is 6. The maximum Gasteiger partial charge on any atom is 0.124 e. The number of nitrogens with zero attached hydrogens (tertiary/aromatic N) is 1. The van der Waals surface area contributed by atoms with Crippen LogP contribution in [-0.4, -0.2) is 50.0 Å². The van der Waals surface area contributed by atoms with Gasteiger partial charge >= 0.3 is 0 Å². The average molecular weight is 280 g/mol. The van der Waals surface area contributed by atoms with Crippen LogP contribution < -0.4 is 5.73 Å². The number of hydrogen-bond acceptors (Lipinski definition) is 4. The molecule has 4 nitrogen and oxygen atoms in total. The van der Waals surface area contributed by atoms with E-state index in [1.165, 1.54) is 12.1 Å². The molecule has 0 fully saturated rings. The van der Waals surface area contributed by atoms with E-state index < -0.39 is 6.10 Å². The van der Waals surface area contributed by atoms with Gasteiger partial charge in [-0.1, -0.05) is 17.9 Å². The lowest BCUT2D eigenvalue weighted by Gasteiger charge is -2.20. The average Bonchev–Trinajstić information content (AvgIpc) is 2.39. The van der Waals surface area contributed by atoms with Crippen molar-refractivity contribution in [1.82, 2.24) is 4.90 Å². The molecule has 1 rings (SSSR count). The Morgan fingerprint density at radius 1 is 1.50 bits per heavy atom. The fourth-order valence-corrected chi connectivity index (χ4v) is 1.91. The number of nitrogens with two attached hydrogens (primary N) is 1. The van der Waals surface area contributed by atoms with Crippen molar-refractivity contribution in [3.63, 3.8) is 0 Å². The molecule has 0 aliphatic carbocycles. The SMILES string of the molecule is COCC(O)CN(C)Cc1ccc(F)cc1C#CCN. The van der Waals surface area contributed by atoms with Crippen LogP contribution in [0, 0.1) is 17.7 Å². The van der Waals surface area contributed by atoms with Crippen LogP contribution in [0.1, 0.15) is 11.1 Å². The van der Waals surface area contributed by atoms with Gasteiger partial charge in [-0.15, -0.1) is 0 Å². The minimum atomic E-state index is -0.552. The van der Waals surface area contributed by atoms with Crippen LogP contribution in [0.5, 0.6) is 0 Å². The summed E-state index contributed by atoms with van der Waals surface area (Å²) in [5.74, 6) is 5.28. The molecule has 1 atom stereocenters. The summed E-state index contributed by atoms with van der Waals surface area (Å²) in [6, 6.07) is 4.51. The molecule has 0 heterocycles. The van der Waals surface area contributed by atoms with E-state index in [1.807, 2.05) is 11.9 Å². The molecule has 0 amide bonds. The van der Waals surface area contributed by atoms with E-state index in [-0.39, 0.29) is 19.0 Å². The lowest BCUT2D eigenvalue weighted by atomic mass is 10.1. The van der Waals surface area contributed by atoms with Crippen LogP contribution in [0.15, 0.2) is 18.2 Å². The predicted molar refractivity (Wildman–Crippen MR) is 76.5 cm³/mol. The van der Waals surface area contributed by atoms with Gasteiger partial charge in [-0.3, -0.25) is 4.90 Å². The van der Waals surface area contributed by atoms with E-state index in [0.717, 1.165) is 5.56 Å². The molecule has 1 aromatic carbocycles. The number of benzene rings is 1. The summed E-state index contributed by atoms with van der Waals surface area (Å²) in [4.78, 5) is 1.94. The second kappa shape index (κ2) is 8.67. The van der Waals surface area contributed by atoms with Gasteiger partial charge in [0.25, 0.3) is 0 Å². The van der Waals surface area contributed by atoms with Crippen molar-refractivity contribution in [2.24, 2.45) is 5.73 Å². The second-order valence-electron chi connectivity index (χ2n) is 4.61. The van der Waals surface area contributed by atoms with E-state index in [9.17, 15) is 9.50 Å². The first-order chi connectivity index (χ1) is 9.56. The van der Waals surface area contributed by atoms with Gasteiger partial charge in [0, 0.05) is 25.8 Å². The minimum Gasteiger partial charge on any atom is -0.389 e. The summed E-state index contributed by atoms with van der Waals surface area (Å²) < 4.78 is 18.1. The molecule has 20 heavy (non-hydrogen) atoms. The molecule has 0 aliphatic heterocycles. The largest absolute Gasteiger partial charge is 0.389 e. The number of aliphatic hydroxyl groups is 1. The van der Waals surface area contributed by atoms with Crippen LogP contribution in [0.25, 0.3) is 0 Å². The molecule has 0 spiro atoms. The first kappa shape index (κ1) is 16.6. The van der Waals surface area contributed by atoms with E-state index >= 15 is 0 Å². The van der Waals surface area contributed by atoms with E-state index in [1.54, 1.807) is 13.2 Å². The van der Waals surface area contributed by atoms with Gasteiger partial charge in [-0.2, -0.15) is 0 Å². The molecule has 1 unspecified atom stereocenters. The third-order valence-corrected chi connectivity index (χ3v) is 2.72. The van der Waals surface area contributed by atoms with E-state index in [4.69, 9.17) is 10.5 Å². The molecule has 0 aliphatic rings. The lowest BCUT2D eigenvalue weighted by molar-refractivity contribution is 0.0418. The van der Waals surface area contributed by atoms with Crippen LogP contribution in [-0.2, 0) is 11.3 Å². The fourth-order valence-electron chi connectivity index (χ4n) is 1.91. The van der Waals surface area contributed by atoms with Gasteiger partial charge in [0.05, 0.1) is 19.3 Å². The van der Waals surface area contributed by atoms with Gasteiger partial charge < -0.3 is 15.6 Å². The molecule has 0 bridgehead atoms. The Kier molecular flexibility index (Phi) is 7.20. The standard InChI is InChI=1S/C15H21FN2O2/c1-18(10-15(19)11-20-2)9-13-5-6-14(16)8-12(13)4-3-7-17/h5-6,8,15,19H,7,9-11,17H2,1-2H3. The lowest BCUT2D eigenvalue weighted by Crippen LogP contribution is -2.31. The summed E-state index contributed by atoms with van der Waals surface area (Å²) in [6.07, 6.45) is -0.552. The molecular formula is C15H21FN2O2. The zero-order valence-electron chi connectivity index (χ0n) is 11.9. The monoisotopic (exact) mass is 280 g/mol. The Labute approximate surface area is 119 Å². The van der Waals surface area contributed by atoms with Crippen molar-refractivity contribution in [2.75, 3.05) is 33.9 Å². The molecular weight excluding hydrogens is 259 g/mol. The number of likely N-dealkylation sites (N-methyl/N-ethyl adjacent to an activating group) is 1. The van der Waals surface area contributed by atoms with Crippen LogP contribution in [0.4, 0.5) is 4.39 Å². The maximum atomic E-state index is 13.3. The van der Waals surface area contributed by atoms with Crippen LogP contribution in [0.2, 0.25) is 0 Å². The smallest absolute Gasteiger partial charge is 0.124 e. The van der Waals surface area contributed by atoms with Crippen molar-refractivity contribution < 1.29 is 14.2 Å². The highest BCUT2D eigenvalue weighted by Crippen LogP contribution is 2.12. The highest BCUT2D eigenvalue weighted by atomic mass is 19.1. The summed E-state index contributed by atoms with van der Waals surface area (Å²) in [7, 11) is 3.42. The van der Waals surface area contributed by atoms with Gasteiger partial charge in [0.2, 0.25) is 0 Å². The zero-order valence-corrected chi connectivity index (χ0v) is 11.9. The van der Waals surface area contributed by atoms with Crippen molar-refractivity contribution in [2.45, 2.75) is 12.6 Å². The Hall–Kier alpha value is -1.45. The Balaban J connectivity index is 2.75. The third kappa shape index (κ3) is 5.68. The minimum absolute atomic E-state index is 0.234. The topological polar surface area (TPSA) is 58.7 Å². The molecule has 1 aromatic rings. The highest BCUT2D eigenvalue weighted by molar-refractivity contribution is 5.41. The van der Waals surface area contributed by atoms with Gasteiger partial charge in [-0.05, 0) is 24.7 Å². The predicted octanol–water partition coefficient (Wildman–Crippen LogP) is 0.575. The zero-order chi connectivity index (χ0) is 15.0. The normalized spacial score (nSPS) is 12.1. The van der Waals surface area contributed by atoms with Crippen molar-refractivity contribution in [3.8, 4) is 11.8 Å². The number of aliphatic hydroxyl groups excluding tert-OH is 1. The Morgan fingerprint density at radius 2 is 2.25 bits per heavy atom. The van der Waals surface area contributed by atoms with Crippen molar-refractivity contribution in [1.29, 1.82) is 0 Å². The summed E-state index contributed by atoms with van der Waals surface area (Å²) >= 11 is 0. The Bertz CT molecular complexity index is 482. The van der Waals surface area contributed by atoms with Crippen molar-refractivity contribution in [3.05, 3.63) is 35.1 Å². The van der Waals surface area contributed by atoms with Crippen molar-refractivity contribution >= 4 is 0 Å². The molecule has 110 valence electrons. The molecule has 3 N–H and O–H groups in total. The maximum absolute atomic E-state index is 13.3. The Morgan fingerprint density at radius 3 is 2.90 bits per heavy atom. The number of halogens is 1. The number of ether oxygens (including phenoxy) is 1.